The van der Waals surface area contributed by atoms with E-state index in [0.717, 1.165) is 24.8 Å². The first kappa shape index (κ1) is 14.5. The monoisotopic (exact) mass is 276 g/mol. The van der Waals surface area contributed by atoms with E-state index in [1.165, 1.54) is 6.07 Å². The van der Waals surface area contributed by atoms with Crippen LogP contribution in [0.4, 0.5) is 5.69 Å². The Morgan fingerprint density at radius 1 is 1.40 bits per heavy atom. The lowest BCUT2D eigenvalue weighted by Gasteiger charge is -2.18. The SMILES string of the molecule is Cc1cc(C(=O)O)ccc1NC(=O)C1CCCC1CN. The number of carboxylic acids is 1. The minimum atomic E-state index is -0.968. The molecule has 20 heavy (non-hydrogen) atoms. The van der Waals surface area contributed by atoms with Crippen molar-refractivity contribution in [2.24, 2.45) is 17.6 Å². The van der Waals surface area contributed by atoms with Gasteiger partial charge in [-0.05, 0) is 56.0 Å². The fraction of sp³-hybridized carbons (Fsp3) is 0.467. The molecule has 1 fully saturated rings. The number of anilines is 1. The fourth-order valence-corrected chi connectivity index (χ4v) is 2.83. The zero-order valence-corrected chi connectivity index (χ0v) is 11.6. The number of carbonyl (C=O) groups excluding carboxylic acids is 1. The number of nitrogens with two attached hydrogens (primary N) is 1. The van der Waals surface area contributed by atoms with Crippen molar-refractivity contribution in [1.82, 2.24) is 0 Å². The Labute approximate surface area is 118 Å². The summed E-state index contributed by atoms with van der Waals surface area (Å²) >= 11 is 0. The Morgan fingerprint density at radius 2 is 2.15 bits per heavy atom. The molecule has 0 aliphatic heterocycles. The van der Waals surface area contributed by atoms with E-state index in [1.807, 2.05) is 0 Å². The first-order valence-corrected chi connectivity index (χ1v) is 6.87. The number of carbonyl (C=O) groups is 2. The Hall–Kier alpha value is -1.88. The molecule has 2 unspecified atom stereocenters. The van der Waals surface area contributed by atoms with E-state index in [0.29, 0.717) is 12.2 Å². The summed E-state index contributed by atoms with van der Waals surface area (Å²) in [5.41, 5.74) is 7.34. The molecule has 5 nitrogen and oxygen atoms in total. The Kier molecular flexibility index (Phi) is 4.39. The van der Waals surface area contributed by atoms with Gasteiger partial charge in [-0.1, -0.05) is 6.42 Å². The van der Waals surface area contributed by atoms with Crippen molar-refractivity contribution >= 4 is 17.6 Å². The van der Waals surface area contributed by atoms with Crippen LogP contribution in [0.2, 0.25) is 0 Å². The largest absolute Gasteiger partial charge is 0.478 e. The van der Waals surface area contributed by atoms with Gasteiger partial charge in [0.1, 0.15) is 0 Å². The van der Waals surface area contributed by atoms with Crippen LogP contribution in [0.1, 0.15) is 35.2 Å². The molecule has 1 aromatic rings. The number of rotatable bonds is 4. The molecule has 5 heteroatoms. The molecule has 1 saturated carbocycles. The topological polar surface area (TPSA) is 92.4 Å². The third-order valence-corrected chi connectivity index (χ3v) is 4.03. The number of nitrogens with one attached hydrogen (secondary N) is 1. The van der Waals surface area contributed by atoms with Gasteiger partial charge in [-0.15, -0.1) is 0 Å². The number of aryl methyl sites for hydroxylation is 1. The van der Waals surface area contributed by atoms with E-state index in [2.05, 4.69) is 5.32 Å². The molecular weight excluding hydrogens is 256 g/mol. The van der Waals surface area contributed by atoms with Crippen molar-refractivity contribution < 1.29 is 14.7 Å². The van der Waals surface area contributed by atoms with Crippen molar-refractivity contribution in [1.29, 1.82) is 0 Å². The highest BCUT2D eigenvalue weighted by Gasteiger charge is 2.32. The standard InChI is InChI=1S/C15H20N2O3/c1-9-7-10(15(19)20)5-6-13(9)17-14(18)12-4-2-3-11(12)8-16/h5-7,11-12H,2-4,8,16H2,1H3,(H,17,18)(H,19,20). The Balaban J connectivity index is 2.10. The fourth-order valence-electron chi connectivity index (χ4n) is 2.83. The van der Waals surface area contributed by atoms with Crippen molar-refractivity contribution in [3.63, 3.8) is 0 Å². The Morgan fingerprint density at radius 3 is 2.75 bits per heavy atom. The number of carboxylic acid groups (broad SMARTS) is 1. The molecule has 0 spiro atoms. The first-order chi connectivity index (χ1) is 9.52. The summed E-state index contributed by atoms with van der Waals surface area (Å²) in [6.45, 7) is 2.33. The molecule has 0 aromatic heterocycles. The first-order valence-electron chi connectivity index (χ1n) is 6.87. The molecule has 4 N–H and O–H groups in total. The highest BCUT2D eigenvalue weighted by molar-refractivity contribution is 5.95. The summed E-state index contributed by atoms with van der Waals surface area (Å²) in [5, 5.41) is 11.8. The smallest absolute Gasteiger partial charge is 0.335 e. The van der Waals surface area contributed by atoms with E-state index in [1.54, 1.807) is 19.1 Å². The summed E-state index contributed by atoms with van der Waals surface area (Å²) < 4.78 is 0. The van der Waals surface area contributed by atoms with Crippen LogP contribution in [0.3, 0.4) is 0 Å². The van der Waals surface area contributed by atoms with Gasteiger partial charge in [-0.2, -0.15) is 0 Å². The second-order valence-electron chi connectivity index (χ2n) is 5.36. The predicted molar refractivity (Wildman–Crippen MR) is 76.7 cm³/mol. The number of hydrogen-bond acceptors (Lipinski definition) is 3. The van der Waals surface area contributed by atoms with Crippen LogP contribution in [0.25, 0.3) is 0 Å². The zero-order chi connectivity index (χ0) is 14.7. The second kappa shape index (κ2) is 6.05. The van der Waals surface area contributed by atoms with Crippen LogP contribution in [-0.2, 0) is 4.79 Å². The second-order valence-corrected chi connectivity index (χ2v) is 5.36. The molecule has 0 radical (unpaired) electrons. The van der Waals surface area contributed by atoms with E-state index in [4.69, 9.17) is 10.8 Å². The predicted octanol–water partition coefficient (Wildman–Crippen LogP) is 2.01. The van der Waals surface area contributed by atoms with Crippen molar-refractivity contribution in [3.8, 4) is 0 Å². The molecule has 0 saturated heterocycles. The normalized spacial score (nSPS) is 21.7. The molecule has 108 valence electrons. The highest BCUT2D eigenvalue weighted by Crippen LogP contribution is 2.32. The van der Waals surface area contributed by atoms with Gasteiger partial charge in [-0.25, -0.2) is 4.79 Å². The quantitative estimate of drug-likeness (QED) is 0.784. The average Bonchev–Trinajstić information content (AvgIpc) is 2.89. The summed E-state index contributed by atoms with van der Waals surface area (Å²) in [6.07, 6.45) is 2.92. The summed E-state index contributed by atoms with van der Waals surface area (Å²) in [5.74, 6) is -0.749. The van der Waals surface area contributed by atoms with Gasteiger partial charge < -0.3 is 16.2 Å². The maximum Gasteiger partial charge on any atom is 0.335 e. The maximum atomic E-state index is 12.3. The number of benzene rings is 1. The van der Waals surface area contributed by atoms with Crippen LogP contribution < -0.4 is 11.1 Å². The van der Waals surface area contributed by atoms with Crippen molar-refractivity contribution in [2.75, 3.05) is 11.9 Å². The number of aromatic carboxylic acids is 1. The average molecular weight is 276 g/mol. The molecule has 1 aliphatic carbocycles. The maximum absolute atomic E-state index is 12.3. The zero-order valence-electron chi connectivity index (χ0n) is 11.6. The van der Waals surface area contributed by atoms with E-state index >= 15 is 0 Å². The number of hydrogen-bond donors (Lipinski definition) is 3. The third kappa shape index (κ3) is 2.99. The van der Waals surface area contributed by atoms with Gasteiger partial charge in [0.25, 0.3) is 0 Å². The molecule has 0 bridgehead atoms. The molecule has 2 atom stereocenters. The molecule has 0 heterocycles. The molecule has 1 aromatic carbocycles. The Bertz CT molecular complexity index is 528. The van der Waals surface area contributed by atoms with Crippen LogP contribution in [0.5, 0.6) is 0 Å². The lowest BCUT2D eigenvalue weighted by atomic mass is 9.95. The lowest BCUT2D eigenvalue weighted by Crippen LogP contribution is -2.30. The van der Waals surface area contributed by atoms with Gasteiger partial charge in [0.2, 0.25) is 5.91 Å². The van der Waals surface area contributed by atoms with Gasteiger partial charge in [0.15, 0.2) is 0 Å². The third-order valence-electron chi connectivity index (χ3n) is 4.03. The number of amides is 1. The molecule has 2 rings (SSSR count). The van der Waals surface area contributed by atoms with Crippen molar-refractivity contribution in [3.05, 3.63) is 29.3 Å². The summed E-state index contributed by atoms with van der Waals surface area (Å²) in [7, 11) is 0. The summed E-state index contributed by atoms with van der Waals surface area (Å²) in [4.78, 5) is 23.1. The molecular formula is C15H20N2O3. The van der Waals surface area contributed by atoms with Crippen LogP contribution in [0, 0.1) is 18.8 Å². The van der Waals surface area contributed by atoms with Crippen molar-refractivity contribution in [2.45, 2.75) is 26.2 Å². The minimum Gasteiger partial charge on any atom is -0.478 e. The van der Waals surface area contributed by atoms with Crippen LogP contribution in [-0.4, -0.2) is 23.5 Å². The lowest BCUT2D eigenvalue weighted by molar-refractivity contribution is -0.120. The van der Waals surface area contributed by atoms with E-state index in [9.17, 15) is 9.59 Å². The minimum absolute atomic E-state index is 0.0101. The molecule has 1 aliphatic rings. The van der Waals surface area contributed by atoms with Gasteiger partial charge in [0, 0.05) is 11.6 Å². The van der Waals surface area contributed by atoms with Crippen LogP contribution in [0.15, 0.2) is 18.2 Å². The van der Waals surface area contributed by atoms with E-state index < -0.39 is 5.97 Å². The van der Waals surface area contributed by atoms with Gasteiger partial charge in [-0.3, -0.25) is 4.79 Å². The van der Waals surface area contributed by atoms with Gasteiger partial charge in [0.05, 0.1) is 5.56 Å². The van der Waals surface area contributed by atoms with Crippen LogP contribution >= 0.6 is 0 Å². The molecule has 1 amide bonds. The summed E-state index contributed by atoms with van der Waals surface area (Å²) in [6, 6.07) is 4.70. The van der Waals surface area contributed by atoms with Gasteiger partial charge >= 0.3 is 5.97 Å². The highest BCUT2D eigenvalue weighted by atomic mass is 16.4. The van der Waals surface area contributed by atoms with E-state index in [-0.39, 0.29) is 23.3 Å².